The van der Waals surface area contributed by atoms with Crippen LogP contribution in [0, 0.1) is 12.8 Å². The third-order valence-corrected chi connectivity index (χ3v) is 4.88. The van der Waals surface area contributed by atoms with Crippen LogP contribution in [0.2, 0.25) is 0 Å². The Labute approximate surface area is 115 Å². The molecule has 3 heterocycles. The molecular weight excluding hydrogens is 260 g/mol. The highest BCUT2D eigenvalue weighted by molar-refractivity contribution is 7.15. The summed E-state index contributed by atoms with van der Waals surface area (Å²) >= 11 is 1.55. The topological polar surface area (TPSA) is 58.4 Å². The predicted octanol–water partition coefficient (Wildman–Crippen LogP) is 1.18. The highest BCUT2D eigenvalue weighted by atomic mass is 32.1. The van der Waals surface area contributed by atoms with E-state index >= 15 is 0 Å². The summed E-state index contributed by atoms with van der Waals surface area (Å²) in [4.78, 5) is 17.6. The van der Waals surface area contributed by atoms with Gasteiger partial charge in [-0.2, -0.15) is 0 Å². The van der Waals surface area contributed by atoms with Crippen molar-refractivity contribution < 1.29 is 4.79 Å². The zero-order valence-corrected chi connectivity index (χ0v) is 11.5. The number of aromatic nitrogens is 2. The van der Waals surface area contributed by atoms with E-state index in [9.17, 15) is 4.79 Å². The molecule has 1 aliphatic heterocycles. The van der Waals surface area contributed by atoms with Gasteiger partial charge in [0.05, 0.1) is 5.69 Å². The van der Waals surface area contributed by atoms with Gasteiger partial charge in [-0.3, -0.25) is 9.20 Å². The number of amides is 1. The molecule has 4 rings (SSSR count). The monoisotopic (exact) mass is 276 g/mol. The summed E-state index contributed by atoms with van der Waals surface area (Å²) in [5.74, 6) is 0.841. The van der Waals surface area contributed by atoms with E-state index in [0.717, 1.165) is 22.6 Å². The number of hydrogen-bond donors (Lipinski definition) is 2. The molecule has 3 atom stereocenters. The minimum absolute atomic E-state index is 0.0224. The third kappa shape index (κ3) is 1.86. The van der Waals surface area contributed by atoms with Crippen LogP contribution in [0.15, 0.2) is 11.6 Å². The van der Waals surface area contributed by atoms with E-state index in [1.54, 1.807) is 11.3 Å². The summed E-state index contributed by atoms with van der Waals surface area (Å²) in [6.45, 7) is 2.60. The normalized spacial score (nSPS) is 28.6. The van der Waals surface area contributed by atoms with Gasteiger partial charge in [0.2, 0.25) is 0 Å². The fraction of sp³-hybridized carbons (Fsp3) is 0.538. The van der Waals surface area contributed by atoms with Crippen molar-refractivity contribution >= 4 is 22.2 Å². The van der Waals surface area contributed by atoms with Gasteiger partial charge in [-0.05, 0) is 25.7 Å². The van der Waals surface area contributed by atoms with Gasteiger partial charge < -0.3 is 10.6 Å². The first-order valence-electron chi connectivity index (χ1n) is 6.69. The van der Waals surface area contributed by atoms with Crippen molar-refractivity contribution in [2.75, 3.05) is 6.54 Å². The molecule has 0 aromatic carbocycles. The van der Waals surface area contributed by atoms with E-state index in [1.807, 2.05) is 22.9 Å². The zero-order chi connectivity index (χ0) is 13.0. The van der Waals surface area contributed by atoms with Crippen LogP contribution in [0.25, 0.3) is 4.96 Å². The second-order valence-electron chi connectivity index (χ2n) is 5.51. The van der Waals surface area contributed by atoms with Crippen LogP contribution in [-0.4, -0.2) is 33.9 Å². The molecule has 1 aliphatic carbocycles. The van der Waals surface area contributed by atoms with Crippen molar-refractivity contribution in [3.63, 3.8) is 0 Å². The van der Waals surface area contributed by atoms with Gasteiger partial charge in [-0.15, -0.1) is 11.3 Å². The number of nitrogens with zero attached hydrogens (tertiary/aromatic N) is 2. The second-order valence-corrected chi connectivity index (χ2v) is 6.39. The molecule has 2 N–H and O–H groups in total. The minimum atomic E-state index is -0.0224. The van der Waals surface area contributed by atoms with E-state index in [-0.39, 0.29) is 5.91 Å². The van der Waals surface area contributed by atoms with Crippen molar-refractivity contribution in [2.24, 2.45) is 5.92 Å². The third-order valence-electron chi connectivity index (χ3n) is 4.12. The van der Waals surface area contributed by atoms with Crippen molar-refractivity contribution in [1.29, 1.82) is 0 Å². The lowest BCUT2D eigenvalue weighted by Crippen LogP contribution is -2.39. The molecule has 2 fully saturated rings. The van der Waals surface area contributed by atoms with Crippen molar-refractivity contribution in [1.82, 2.24) is 20.0 Å². The van der Waals surface area contributed by atoms with E-state index in [4.69, 9.17) is 0 Å². The molecule has 1 saturated carbocycles. The number of hydrogen-bond acceptors (Lipinski definition) is 4. The Balaban J connectivity index is 1.47. The molecule has 2 aromatic rings. The smallest absolute Gasteiger partial charge is 0.270 e. The van der Waals surface area contributed by atoms with Crippen molar-refractivity contribution in [3.8, 4) is 0 Å². The van der Waals surface area contributed by atoms with Gasteiger partial charge in [0, 0.05) is 30.2 Å². The summed E-state index contributed by atoms with van der Waals surface area (Å²) in [5, 5.41) is 8.52. The maximum absolute atomic E-state index is 12.3. The highest BCUT2D eigenvalue weighted by Gasteiger charge is 2.45. The van der Waals surface area contributed by atoms with E-state index in [2.05, 4.69) is 15.6 Å². The minimum Gasteiger partial charge on any atom is -0.349 e. The van der Waals surface area contributed by atoms with Crippen LogP contribution in [0.4, 0.5) is 0 Å². The summed E-state index contributed by atoms with van der Waals surface area (Å²) < 4.78 is 1.87. The van der Waals surface area contributed by atoms with Gasteiger partial charge in [-0.1, -0.05) is 0 Å². The van der Waals surface area contributed by atoms with Crippen LogP contribution in [0.3, 0.4) is 0 Å². The number of piperidine rings is 1. The lowest BCUT2D eigenvalue weighted by molar-refractivity contribution is 0.0943. The molecule has 1 saturated heterocycles. The molecule has 1 amide bonds. The molecule has 5 nitrogen and oxygen atoms in total. The Morgan fingerprint density at radius 1 is 1.63 bits per heavy atom. The van der Waals surface area contributed by atoms with Crippen LogP contribution in [-0.2, 0) is 0 Å². The molecular formula is C13H16N4OS. The Hall–Kier alpha value is -1.40. The number of imidazole rings is 1. The van der Waals surface area contributed by atoms with Crippen molar-refractivity contribution in [3.05, 3.63) is 23.0 Å². The molecule has 19 heavy (non-hydrogen) atoms. The molecule has 0 spiro atoms. The van der Waals surface area contributed by atoms with Crippen LogP contribution in [0.1, 0.15) is 29.0 Å². The number of rotatable bonds is 3. The first kappa shape index (κ1) is 11.4. The molecule has 0 bridgehead atoms. The number of nitrogens with one attached hydrogen (secondary N) is 2. The fourth-order valence-electron chi connectivity index (χ4n) is 3.06. The first-order valence-corrected chi connectivity index (χ1v) is 7.57. The van der Waals surface area contributed by atoms with Crippen molar-refractivity contribution in [2.45, 2.75) is 31.8 Å². The largest absolute Gasteiger partial charge is 0.349 e. The number of carbonyl (C=O) groups is 1. The first-order chi connectivity index (χ1) is 9.22. The number of carbonyl (C=O) groups excluding carboxylic acids is 1. The maximum atomic E-state index is 12.3. The van der Waals surface area contributed by atoms with Gasteiger partial charge in [0.1, 0.15) is 5.69 Å². The number of thiazole rings is 1. The molecule has 6 heteroatoms. The lowest BCUT2D eigenvalue weighted by atomic mass is 10.2. The Bertz CT molecular complexity index is 636. The molecule has 2 aliphatic rings. The molecule has 2 aromatic heterocycles. The van der Waals surface area contributed by atoms with Gasteiger partial charge in [0.15, 0.2) is 4.96 Å². The average molecular weight is 276 g/mol. The second kappa shape index (κ2) is 4.05. The van der Waals surface area contributed by atoms with E-state index in [1.165, 1.54) is 12.8 Å². The Morgan fingerprint density at radius 3 is 3.32 bits per heavy atom. The quantitative estimate of drug-likeness (QED) is 0.885. The Morgan fingerprint density at radius 2 is 2.53 bits per heavy atom. The summed E-state index contributed by atoms with van der Waals surface area (Å²) in [5.41, 5.74) is 1.46. The van der Waals surface area contributed by atoms with E-state index in [0.29, 0.717) is 18.3 Å². The SMILES string of the molecule is Cc1nc2sccn2c1C(=O)NC[C@@H]1C[C@@H]2C[C@@H]2N1. The molecule has 0 radical (unpaired) electrons. The molecule has 100 valence electrons. The van der Waals surface area contributed by atoms with Crippen LogP contribution in [0.5, 0.6) is 0 Å². The van der Waals surface area contributed by atoms with E-state index < -0.39 is 0 Å². The zero-order valence-electron chi connectivity index (χ0n) is 10.7. The van der Waals surface area contributed by atoms with Gasteiger partial charge in [0.25, 0.3) is 5.91 Å². The highest BCUT2D eigenvalue weighted by Crippen LogP contribution is 2.40. The van der Waals surface area contributed by atoms with Crippen LogP contribution < -0.4 is 10.6 Å². The summed E-state index contributed by atoms with van der Waals surface area (Å²) in [6.07, 6.45) is 4.42. The molecule has 0 unspecified atom stereocenters. The van der Waals surface area contributed by atoms with Gasteiger partial charge >= 0.3 is 0 Å². The predicted molar refractivity (Wildman–Crippen MR) is 73.6 cm³/mol. The Kier molecular flexibility index (Phi) is 2.43. The summed E-state index contributed by atoms with van der Waals surface area (Å²) in [7, 11) is 0. The average Bonchev–Trinajstić information content (AvgIpc) is 2.78. The number of aryl methyl sites for hydroxylation is 1. The lowest BCUT2D eigenvalue weighted by Gasteiger charge is -2.13. The van der Waals surface area contributed by atoms with Crippen LogP contribution >= 0.6 is 11.3 Å². The number of fused-ring (bicyclic) bond motifs is 2. The fourth-order valence-corrected chi connectivity index (χ4v) is 3.82. The maximum Gasteiger partial charge on any atom is 0.270 e. The van der Waals surface area contributed by atoms with Gasteiger partial charge in [-0.25, -0.2) is 4.98 Å². The standard InChI is InChI=1S/C13H16N4OS/c1-7-11(17-2-3-19-13(17)15-7)12(18)14-6-9-4-8-5-10(8)16-9/h2-3,8-10,16H,4-6H2,1H3,(H,14,18)/t8-,9+,10+/m1/s1. The summed E-state index contributed by atoms with van der Waals surface area (Å²) in [6, 6.07) is 1.17.